The highest BCUT2D eigenvalue weighted by atomic mass is 16.5. The van der Waals surface area contributed by atoms with E-state index in [-0.39, 0.29) is 12.1 Å². The number of rotatable bonds is 7. The molecular weight excluding hydrogens is 312 g/mol. The molecule has 0 radical (unpaired) electrons. The molecule has 7 nitrogen and oxygen atoms in total. The van der Waals surface area contributed by atoms with Crippen LogP contribution in [0.15, 0.2) is 24.3 Å². The van der Waals surface area contributed by atoms with Crippen LogP contribution in [-0.4, -0.2) is 36.7 Å². The Kier molecular flexibility index (Phi) is 7.74. The minimum atomic E-state index is -0.691. The Labute approximate surface area is 141 Å². The second kappa shape index (κ2) is 9.54. The Hall–Kier alpha value is -2.57. The van der Waals surface area contributed by atoms with Crippen LogP contribution in [0.25, 0.3) is 0 Å². The summed E-state index contributed by atoms with van der Waals surface area (Å²) >= 11 is 0. The number of amides is 3. The van der Waals surface area contributed by atoms with Gasteiger partial charge >= 0.3 is 12.0 Å². The van der Waals surface area contributed by atoms with E-state index in [1.807, 2.05) is 27.7 Å². The Morgan fingerprint density at radius 1 is 1.08 bits per heavy atom. The van der Waals surface area contributed by atoms with Gasteiger partial charge < -0.3 is 14.8 Å². The van der Waals surface area contributed by atoms with E-state index in [0.717, 1.165) is 6.42 Å². The van der Waals surface area contributed by atoms with Gasteiger partial charge in [0, 0.05) is 6.04 Å². The lowest BCUT2D eigenvalue weighted by Crippen LogP contribution is -2.44. The lowest BCUT2D eigenvalue weighted by molar-refractivity contribution is -0.123. The molecule has 0 saturated heterocycles. The first-order chi connectivity index (χ1) is 11.3. The number of hydrogen-bond donors (Lipinski definition) is 2. The predicted octanol–water partition coefficient (Wildman–Crippen LogP) is 2.25. The molecule has 132 valence electrons. The van der Waals surface area contributed by atoms with Crippen molar-refractivity contribution >= 4 is 17.9 Å². The van der Waals surface area contributed by atoms with E-state index < -0.39 is 24.5 Å². The minimum Gasteiger partial charge on any atom is -0.491 e. The van der Waals surface area contributed by atoms with Crippen molar-refractivity contribution in [3.05, 3.63) is 29.8 Å². The molecule has 0 spiro atoms. The molecule has 0 aromatic heterocycles. The van der Waals surface area contributed by atoms with E-state index in [0.29, 0.717) is 11.3 Å². The summed E-state index contributed by atoms with van der Waals surface area (Å²) in [5, 5.41) is 4.67. The molecule has 0 unspecified atom stereocenters. The zero-order chi connectivity index (χ0) is 18.1. The van der Waals surface area contributed by atoms with Gasteiger partial charge in [0.1, 0.15) is 5.75 Å². The molecule has 0 bridgehead atoms. The van der Waals surface area contributed by atoms with Crippen molar-refractivity contribution in [3.63, 3.8) is 0 Å². The molecule has 0 aliphatic rings. The van der Waals surface area contributed by atoms with Crippen molar-refractivity contribution < 1.29 is 23.9 Å². The van der Waals surface area contributed by atoms with Crippen LogP contribution in [0.1, 0.15) is 44.5 Å². The maximum atomic E-state index is 11.8. The van der Waals surface area contributed by atoms with Crippen LogP contribution in [0.2, 0.25) is 0 Å². The fraction of sp³-hybridized carbons (Fsp3) is 0.471. The Morgan fingerprint density at radius 3 is 2.25 bits per heavy atom. The third-order valence-electron chi connectivity index (χ3n) is 3.04. The smallest absolute Gasteiger partial charge is 0.338 e. The predicted molar refractivity (Wildman–Crippen MR) is 88.9 cm³/mol. The van der Waals surface area contributed by atoms with E-state index in [1.54, 1.807) is 24.3 Å². The quantitative estimate of drug-likeness (QED) is 0.745. The number of benzene rings is 1. The second-order valence-corrected chi connectivity index (χ2v) is 5.60. The van der Waals surface area contributed by atoms with Gasteiger partial charge in [-0.1, -0.05) is 6.92 Å². The zero-order valence-electron chi connectivity index (χ0n) is 14.4. The third kappa shape index (κ3) is 7.13. The molecule has 1 atom stereocenters. The largest absolute Gasteiger partial charge is 0.491 e. The molecule has 0 heterocycles. The van der Waals surface area contributed by atoms with Gasteiger partial charge in [0.25, 0.3) is 5.91 Å². The summed E-state index contributed by atoms with van der Waals surface area (Å²) < 4.78 is 10.3. The van der Waals surface area contributed by atoms with Crippen molar-refractivity contribution in [2.45, 2.75) is 46.3 Å². The maximum absolute atomic E-state index is 11.8. The van der Waals surface area contributed by atoms with Crippen molar-refractivity contribution in [2.75, 3.05) is 6.61 Å². The Bertz CT molecular complexity index is 569. The van der Waals surface area contributed by atoms with Gasteiger partial charge in [-0.25, -0.2) is 9.59 Å². The van der Waals surface area contributed by atoms with Crippen LogP contribution in [0, 0.1) is 0 Å². The van der Waals surface area contributed by atoms with Gasteiger partial charge in [-0.3, -0.25) is 10.1 Å². The van der Waals surface area contributed by atoms with E-state index in [4.69, 9.17) is 9.47 Å². The minimum absolute atomic E-state index is 0.0353. The summed E-state index contributed by atoms with van der Waals surface area (Å²) in [4.78, 5) is 34.9. The SMILES string of the molecule is CC[C@H](C)NC(=O)NC(=O)COC(=O)c1ccc(OC(C)C)cc1. The Morgan fingerprint density at radius 2 is 1.71 bits per heavy atom. The van der Waals surface area contributed by atoms with Crippen LogP contribution in [0.5, 0.6) is 5.75 Å². The number of urea groups is 1. The first kappa shape index (κ1) is 19.5. The van der Waals surface area contributed by atoms with Crippen molar-refractivity contribution in [1.82, 2.24) is 10.6 Å². The molecule has 3 amide bonds. The standard InChI is InChI=1S/C17H24N2O5/c1-5-12(4)18-17(22)19-15(20)10-23-16(21)13-6-8-14(9-7-13)24-11(2)3/h6-9,11-12H,5,10H2,1-4H3,(H2,18,19,20,22)/t12-/m0/s1. The fourth-order valence-corrected chi connectivity index (χ4v) is 1.68. The first-order valence-electron chi connectivity index (χ1n) is 7.86. The second-order valence-electron chi connectivity index (χ2n) is 5.60. The van der Waals surface area contributed by atoms with Crippen molar-refractivity contribution in [3.8, 4) is 5.75 Å². The average molecular weight is 336 g/mol. The molecule has 0 fully saturated rings. The molecular formula is C17H24N2O5. The van der Waals surface area contributed by atoms with Gasteiger partial charge in [0.15, 0.2) is 6.61 Å². The number of carbonyl (C=O) groups excluding carboxylic acids is 3. The molecule has 0 aliphatic heterocycles. The molecule has 2 N–H and O–H groups in total. The summed E-state index contributed by atoms with van der Waals surface area (Å²) in [5.41, 5.74) is 0.294. The Balaban J connectivity index is 2.42. The van der Waals surface area contributed by atoms with Gasteiger partial charge in [0.2, 0.25) is 0 Å². The number of ether oxygens (including phenoxy) is 2. The maximum Gasteiger partial charge on any atom is 0.338 e. The van der Waals surface area contributed by atoms with Crippen LogP contribution in [0.4, 0.5) is 4.79 Å². The van der Waals surface area contributed by atoms with Gasteiger partial charge in [-0.2, -0.15) is 0 Å². The molecule has 1 rings (SSSR count). The number of hydrogen-bond acceptors (Lipinski definition) is 5. The summed E-state index contributed by atoms with van der Waals surface area (Å²) in [6.07, 6.45) is 0.778. The zero-order valence-corrected chi connectivity index (χ0v) is 14.4. The van der Waals surface area contributed by atoms with Crippen LogP contribution in [0.3, 0.4) is 0 Å². The lowest BCUT2D eigenvalue weighted by atomic mass is 10.2. The number of carbonyl (C=O) groups is 3. The molecule has 0 aliphatic carbocycles. The normalized spacial score (nSPS) is 11.5. The highest BCUT2D eigenvalue weighted by molar-refractivity contribution is 5.97. The summed E-state index contributed by atoms with van der Waals surface area (Å²) in [5.74, 6) is -0.700. The number of nitrogens with one attached hydrogen (secondary N) is 2. The summed E-state index contributed by atoms with van der Waals surface area (Å²) in [6, 6.07) is 5.74. The summed E-state index contributed by atoms with van der Waals surface area (Å²) in [6.45, 7) is 7.00. The molecule has 0 saturated carbocycles. The van der Waals surface area contributed by atoms with Crippen molar-refractivity contribution in [2.24, 2.45) is 0 Å². The molecule has 1 aromatic carbocycles. The van der Waals surface area contributed by atoms with E-state index >= 15 is 0 Å². The molecule has 7 heteroatoms. The van der Waals surface area contributed by atoms with Crippen molar-refractivity contribution in [1.29, 1.82) is 0 Å². The first-order valence-corrected chi connectivity index (χ1v) is 7.86. The van der Waals surface area contributed by atoms with E-state index in [1.165, 1.54) is 0 Å². The highest BCUT2D eigenvalue weighted by Crippen LogP contribution is 2.14. The van der Waals surface area contributed by atoms with Gasteiger partial charge in [0.05, 0.1) is 11.7 Å². The average Bonchev–Trinajstić information content (AvgIpc) is 2.52. The van der Waals surface area contributed by atoms with Crippen LogP contribution < -0.4 is 15.4 Å². The molecule has 1 aromatic rings. The summed E-state index contributed by atoms with van der Waals surface area (Å²) in [7, 11) is 0. The number of imide groups is 1. The van der Waals surface area contributed by atoms with Gasteiger partial charge in [-0.05, 0) is 51.5 Å². The van der Waals surface area contributed by atoms with E-state index in [2.05, 4.69) is 10.6 Å². The lowest BCUT2D eigenvalue weighted by Gasteiger charge is -2.12. The van der Waals surface area contributed by atoms with Gasteiger partial charge in [-0.15, -0.1) is 0 Å². The van der Waals surface area contributed by atoms with Crippen LogP contribution in [-0.2, 0) is 9.53 Å². The molecule has 24 heavy (non-hydrogen) atoms. The fourth-order valence-electron chi connectivity index (χ4n) is 1.68. The topological polar surface area (TPSA) is 93.7 Å². The van der Waals surface area contributed by atoms with Crippen LogP contribution >= 0.6 is 0 Å². The highest BCUT2D eigenvalue weighted by Gasteiger charge is 2.13. The monoisotopic (exact) mass is 336 g/mol. The third-order valence-corrected chi connectivity index (χ3v) is 3.04. The van der Waals surface area contributed by atoms with E-state index in [9.17, 15) is 14.4 Å². The number of esters is 1.